The van der Waals surface area contributed by atoms with Gasteiger partial charge in [-0.15, -0.1) is 0 Å². The summed E-state index contributed by atoms with van der Waals surface area (Å²) in [4.78, 5) is 0. The van der Waals surface area contributed by atoms with E-state index in [0.29, 0.717) is 23.9 Å². The summed E-state index contributed by atoms with van der Waals surface area (Å²) in [5, 5.41) is 0. The van der Waals surface area contributed by atoms with Gasteiger partial charge in [0.15, 0.2) is 0 Å². The van der Waals surface area contributed by atoms with Gasteiger partial charge in [0.25, 0.3) is 0 Å². The molecule has 1 saturated carbocycles. The van der Waals surface area contributed by atoms with Crippen LogP contribution in [0.4, 0.5) is 0 Å². The van der Waals surface area contributed by atoms with E-state index in [1.165, 1.54) is 6.42 Å². The van der Waals surface area contributed by atoms with Crippen LogP contribution < -0.4 is 0 Å². The molecule has 0 amide bonds. The summed E-state index contributed by atoms with van der Waals surface area (Å²) >= 11 is 0. The first-order valence-electron chi connectivity index (χ1n) is 5.71. The number of rotatable bonds is 3. The maximum Gasteiger partial charge on any atom is 0.0795 e. The highest BCUT2D eigenvalue weighted by atomic mass is 16.5. The van der Waals surface area contributed by atoms with Crippen molar-refractivity contribution in [2.75, 3.05) is 20.8 Å². The predicted octanol–water partition coefficient (Wildman–Crippen LogP) is 2.03. The summed E-state index contributed by atoms with van der Waals surface area (Å²) in [6.45, 7) is 0.833. The van der Waals surface area contributed by atoms with Crippen molar-refractivity contribution in [3.8, 4) is 0 Å². The standard InChI is InChI=1S/C13H18O2/c1-14-8-13-6-5-11(15-2)12(13)9-3-4-10(13)7-9/h3-6,9-12H,7-8H2,1-2H3/t9?,10?,11?,12?,13-/m1/s1. The number of fused-ring (bicyclic) bond motifs is 5. The van der Waals surface area contributed by atoms with Crippen LogP contribution in [0.15, 0.2) is 24.3 Å². The molecule has 0 aromatic carbocycles. The van der Waals surface area contributed by atoms with E-state index in [1.54, 1.807) is 7.11 Å². The van der Waals surface area contributed by atoms with Gasteiger partial charge < -0.3 is 9.47 Å². The fourth-order valence-corrected chi connectivity index (χ4v) is 3.94. The van der Waals surface area contributed by atoms with Crippen LogP contribution in [0.2, 0.25) is 0 Å². The molecule has 15 heavy (non-hydrogen) atoms. The van der Waals surface area contributed by atoms with Crippen LogP contribution in [-0.2, 0) is 9.47 Å². The van der Waals surface area contributed by atoms with E-state index in [1.807, 2.05) is 7.11 Å². The third-order valence-electron chi connectivity index (χ3n) is 4.51. The molecule has 0 N–H and O–H groups in total. The van der Waals surface area contributed by atoms with Gasteiger partial charge in [-0.05, 0) is 18.3 Å². The predicted molar refractivity (Wildman–Crippen MR) is 58.5 cm³/mol. The zero-order chi connectivity index (χ0) is 10.5. The van der Waals surface area contributed by atoms with Crippen molar-refractivity contribution in [3.05, 3.63) is 24.3 Å². The topological polar surface area (TPSA) is 18.5 Å². The maximum absolute atomic E-state index is 5.57. The minimum atomic E-state index is 0.231. The van der Waals surface area contributed by atoms with E-state index in [9.17, 15) is 0 Å². The minimum Gasteiger partial charge on any atom is -0.384 e. The molecule has 1 fully saturated rings. The molecule has 4 unspecified atom stereocenters. The molecule has 0 heterocycles. The van der Waals surface area contributed by atoms with Crippen molar-refractivity contribution >= 4 is 0 Å². The van der Waals surface area contributed by atoms with E-state index in [2.05, 4.69) is 24.3 Å². The molecular weight excluding hydrogens is 188 g/mol. The number of allylic oxidation sites excluding steroid dienone is 2. The summed E-state index contributed by atoms with van der Waals surface area (Å²) < 4.78 is 11.0. The van der Waals surface area contributed by atoms with E-state index in [0.717, 1.165) is 6.61 Å². The molecule has 0 aliphatic heterocycles. The molecule has 0 spiro atoms. The van der Waals surface area contributed by atoms with E-state index in [-0.39, 0.29) is 5.41 Å². The third-order valence-corrected chi connectivity index (χ3v) is 4.51. The second-order valence-electron chi connectivity index (χ2n) is 5.02. The molecule has 3 aliphatic carbocycles. The smallest absolute Gasteiger partial charge is 0.0795 e. The highest BCUT2D eigenvalue weighted by molar-refractivity contribution is 5.31. The average molecular weight is 206 g/mol. The Morgan fingerprint density at radius 3 is 2.87 bits per heavy atom. The second-order valence-corrected chi connectivity index (χ2v) is 5.02. The first-order valence-corrected chi connectivity index (χ1v) is 5.71. The largest absolute Gasteiger partial charge is 0.384 e. The molecular formula is C13H18O2. The van der Waals surface area contributed by atoms with Crippen LogP contribution in [0.25, 0.3) is 0 Å². The first-order chi connectivity index (χ1) is 7.31. The SMILES string of the molecule is COC[C@@]12C=CC(OC)C1C1C=CC2C1. The average Bonchev–Trinajstić information content (AvgIpc) is 2.86. The molecule has 2 heteroatoms. The number of hydrogen-bond donors (Lipinski definition) is 0. The molecule has 0 aromatic rings. The molecule has 82 valence electrons. The minimum absolute atomic E-state index is 0.231. The lowest BCUT2D eigenvalue weighted by molar-refractivity contribution is 0.00541. The fourth-order valence-electron chi connectivity index (χ4n) is 3.94. The van der Waals surface area contributed by atoms with Gasteiger partial charge in [-0.3, -0.25) is 0 Å². The highest BCUT2D eigenvalue weighted by Gasteiger charge is 2.59. The van der Waals surface area contributed by atoms with Gasteiger partial charge in [0, 0.05) is 25.6 Å². The Morgan fingerprint density at radius 2 is 2.13 bits per heavy atom. The Hall–Kier alpha value is -0.600. The van der Waals surface area contributed by atoms with E-state index in [4.69, 9.17) is 9.47 Å². The third kappa shape index (κ3) is 1.07. The van der Waals surface area contributed by atoms with Gasteiger partial charge in [0.2, 0.25) is 0 Å². The number of hydrogen-bond acceptors (Lipinski definition) is 2. The lowest BCUT2D eigenvalue weighted by atomic mass is 9.70. The Kier molecular flexibility index (Phi) is 2.05. The Morgan fingerprint density at radius 1 is 1.27 bits per heavy atom. The number of methoxy groups -OCH3 is 2. The lowest BCUT2D eigenvalue weighted by Crippen LogP contribution is -2.39. The van der Waals surface area contributed by atoms with Gasteiger partial charge in [0.1, 0.15) is 0 Å². The van der Waals surface area contributed by atoms with Crippen molar-refractivity contribution in [3.63, 3.8) is 0 Å². The van der Waals surface area contributed by atoms with Crippen LogP contribution >= 0.6 is 0 Å². The fraction of sp³-hybridized carbons (Fsp3) is 0.692. The molecule has 3 rings (SSSR count). The summed E-state index contributed by atoms with van der Waals surface area (Å²) in [5.41, 5.74) is 0.231. The highest BCUT2D eigenvalue weighted by Crippen LogP contribution is 2.61. The summed E-state index contributed by atoms with van der Waals surface area (Å²) in [6, 6.07) is 0. The summed E-state index contributed by atoms with van der Waals surface area (Å²) in [5.74, 6) is 1.98. The monoisotopic (exact) mass is 206 g/mol. The van der Waals surface area contributed by atoms with Crippen molar-refractivity contribution in [2.45, 2.75) is 12.5 Å². The molecule has 0 radical (unpaired) electrons. The van der Waals surface area contributed by atoms with Gasteiger partial charge in [-0.25, -0.2) is 0 Å². The zero-order valence-corrected chi connectivity index (χ0v) is 9.35. The Labute approximate surface area is 90.9 Å². The number of ether oxygens (including phenoxy) is 2. The lowest BCUT2D eigenvalue weighted by Gasteiger charge is -2.37. The first kappa shape index (κ1) is 9.61. The van der Waals surface area contributed by atoms with Crippen LogP contribution in [-0.4, -0.2) is 26.9 Å². The summed E-state index contributed by atoms with van der Waals surface area (Å²) in [7, 11) is 3.61. The van der Waals surface area contributed by atoms with Gasteiger partial charge in [-0.1, -0.05) is 24.3 Å². The van der Waals surface area contributed by atoms with Gasteiger partial charge >= 0.3 is 0 Å². The normalized spacial score (nSPS) is 50.3. The zero-order valence-electron chi connectivity index (χ0n) is 9.35. The summed E-state index contributed by atoms with van der Waals surface area (Å²) in [6.07, 6.45) is 10.9. The molecule has 5 atom stereocenters. The van der Waals surface area contributed by atoms with Crippen molar-refractivity contribution in [1.29, 1.82) is 0 Å². The quantitative estimate of drug-likeness (QED) is 0.658. The van der Waals surface area contributed by atoms with Crippen LogP contribution in [0.5, 0.6) is 0 Å². The van der Waals surface area contributed by atoms with Crippen molar-refractivity contribution in [1.82, 2.24) is 0 Å². The van der Waals surface area contributed by atoms with Gasteiger partial charge in [-0.2, -0.15) is 0 Å². The second kappa shape index (κ2) is 3.19. The van der Waals surface area contributed by atoms with Crippen LogP contribution in [0.1, 0.15) is 6.42 Å². The molecule has 0 aromatic heterocycles. The molecule has 2 nitrogen and oxygen atoms in total. The van der Waals surface area contributed by atoms with E-state index < -0.39 is 0 Å². The van der Waals surface area contributed by atoms with Crippen molar-refractivity contribution < 1.29 is 9.47 Å². The van der Waals surface area contributed by atoms with Crippen LogP contribution in [0.3, 0.4) is 0 Å². The van der Waals surface area contributed by atoms with Crippen molar-refractivity contribution in [2.24, 2.45) is 23.2 Å². The maximum atomic E-state index is 5.57. The van der Waals surface area contributed by atoms with E-state index >= 15 is 0 Å². The molecule has 0 saturated heterocycles. The Balaban J connectivity index is 1.97. The Bertz CT molecular complexity index is 320. The molecule has 2 bridgehead atoms. The molecule has 3 aliphatic rings. The van der Waals surface area contributed by atoms with Gasteiger partial charge in [0.05, 0.1) is 12.7 Å². The van der Waals surface area contributed by atoms with Crippen LogP contribution in [0, 0.1) is 23.2 Å².